The Morgan fingerprint density at radius 3 is 2.94 bits per heavy atom. The van der Waals surface area contributed by atoms with E-state index in [-0.39, 0.29) is 0 Å². The van der Waals surface area contributed by atoms with Gasteiger partial charge >= 0.3 is 0 Å². The van der Waals surface area contributed by atoms with Crippen LogP contribution in [-0.2, 0) is 0 Å². The number of benzene rings is 2. The number of rotatable bonds is 1. The van der Waals surface area contributed by atoms with Gasteiger partial charge in [0.05, 0.1) is 10.9 Å². The van der Waals surface area contributed by atoms with Crippen molar-refractivity contribution in [3.63, 3.8) is 0 Å². The van der Waals surface area contributed by atoms with Gasteiger partial charge in [-0.1, -0.05) is 34.6 Å². The molecule has 85 valence electrons. The Bertz CT molecular complexity index is 774. The van der Waals surface area contributed by atoms with Crippen LogP contribution in [0.2, 0.25) is 0 Å². The number of nitrogens with one attached hydrogen (secondary N) is 1. The third kappa shape index (κ3) is 1.18. The summed E-state index contributed by atoms with van der Waals surface area (Å²) in [7, 11) is 0. The zero-order valence-electron chi connectivity index (χ0n) is 9.21. The maximum absolute atomic E-state index is 5.12. The van der Waals surface area contributed by atoms with Crippen LogP contribution >= 0.6 is 0 Å². The molecule has 4 rings (SSSR count). The summed E-state index contributed by atoms with van der Waals surface area (Å²) in [5.74, 6) is 0. The average Bonchev–Trinajstić information content (AvgIpc) is 3.06. The van der Waals surface area contributed by atoms with Gasteiger partial charge in [-0.05, 0) is 17.7 Å². The van der Waals surface area contributed by atoms with Crippen LogP contribution in [0, 0.1) is 6.20 Å². The first-order chi connectivity index (χ1) is 8.93. The molecule has 2 aromatic heterocycles. The molecule has 0 atom stereocenters. The van der Waals surface area contributed by atoms with Crippen LogP contribution in [0.1, 0.15) is 0 Å². The molecular formula is C13H7N4O. The van der Waals surface area contributed by atoms with Gasteiger partial charge in [0.1, 0.15) is 11.7 Å². The first kappa shape index (κ1) is 9.35. The van der Waals surface area contributed by atoms with E-state index in [1.54, 1.807) is 0 Å². The van der Waals surface area contributed by atoms with E-state index in [4.69, 9.17) is 4.52 Å². The summed E-state index contributed by atoms with van der Waals surface area (Å²) < 4.78 is 5.12. The summed E-state index contributed by atoms with van der Waals surface area (Å²) >= 11 is 0. The van der Waals surface area contributed by atoms with Gasteiger partial charge in [-0.25, -0.2) is 0 Å². The van der Waals surface area contributed by atoms with Crippen LogP contribution in [0.4, 0.5) is 0 Å². The second-order valence-corrected chi connectivity index (χ2v) is 3.99. The molecule has 0 aliphatic heterocycles. The van der Waals surface area contributed by atoms with Crippen LogP contribution in [0.3, 0.4) is 0 Å². The molecule has 5 heteroatoms. The van der Waals surface area contributed by atoms with E-state index in [1.807, 2.05) is 36.4 Å². The summed E-state index contributed by atoms with van der Waals surface area (Å²) in [6.07, 6.45) is 2.87. The fraction of sp³-hybridized carbons (Fsp3) is 0. The first-order valence-electron chi connectivity index (χ1n) is 5.50. The Hall–Kier alpha value is -2.69. The smallest absolute Gasteiger partial charge is 0.168 e. The van der Waals surface area contributed by atoms with Gasteiger partial charge in [0, 0.05) is 5.56 Å². The molecule has 0 aliphatic rings. The van der Waals surface area contributed by atoms with Crippen LogP contribution in [0.25, 0.3) is 33.1 Å². The van der Waals surface area contributed by atoms with Crippen molar-refractivity contribution in [2.24, 2.45) is 0 Å². The van der Waals surface area contributed by atoms with Crippen molar-refractivity contribution in [2.75, 3.05) is 0 Å². The van der Waals surface area contributed by atoms with Crippen LogP contribution < -0.4 is 0 Å². The fourth-order valence-corrected chi connectivity index (χ4v) is 2.15. The van der Waals surface area contributed by atoms with Gasteiger partial charge in [-0.3, -0.25) is 5.10 Å². The predicted molar refractivity (Wildman–Crippen MR) is 65.7 cm³/mol. The molecule has 0 saturated carbocycles. The lowest BCUT2D eigenvalue weighted by Gasteiger charge is -2.02. The van der Waals surface area contributed by atoms with E-state index >= 15 is 0 Å². The summed E-state index contributed by atoms with van der Waals surface area (Å²) in [6.45, 7) is 0. The molecule has 1 radical (unpaired) electrons. The lowest BCUT2D eigenvalue weighted by atomic mass is 10.0. The highest BCUT2D eigenvalue weighted by molar-refractivity contribution is 6.01. The number of hydrogen-bond donors (Lipinski definition) is 1. The van der Waals surface area contributed by atoms with Crippen molar-refractivity contribution in [3.05, 3.63) is 42.6 Å². The monoisotopic (exact) mass is 235 g/mol. The number of hydrogen-bond acceptors (Lipinski definition) is 4. The molecule has 2 aromatic carbocycles. The summed E-state index contributed by atoms with van der Waals surface area (Å²) in [5, 5.41) is 15.4. The molecule has 0 spiro atoms. The Morgan fingerprint density at radius 1 is 1.06 bits per heavy atom. The highest BCUT2D eigenvalue weighted by Gasteiger charge is 2.11. The topological polar surface area (TPSA) is 67.6 Å². The van der Waals surface area contributed by atoms with Crippen molar-refractivity contribution in [3.8, 4) is 11.1 Å². The quantitative estimate of drug-likeness (QED) is 0.550. The van der Waals surface area contributed by atoms with Gasteiger partial charge < -0.3 is 4.52 Å². The molecule has 0 saturated heterocycles. The van der Waals surface area contributed by atoms with Gasteiger partial charge in [-0.15, -0.1) is 5.10 Å². The van der Waals surface area contributed by atoms with Crippen LogP contribution in [0.5, 0.6) is 0 Å². The van der Waals surface area contributed by atoms with Gasteiger partial charge in [0.15, 0.2) is 5.58 Å². The van der Waals surface area contributed by atoms with E-state index in [0.717, 1.165) is 27.5 Å². The van der Waals surface area contributed by atoms with E-state index in [9.17, 15) is 0 Å². The second-order valence-electron chi connectivity index (χ2n) is 3.99. The molecule has 4 aromatic rings. The zero-order valence-corrected chi connectivity index (χ0v) is 9.21. The van der Waals surface area contributed by atoms with Crippen LogP contribution in [0.15, 0.2) is 40.9 Å². The predicted octanol–water partition coefficient (Wildman–Crippen LogP) is 2.57. The summed E-state index contributed by atoms with van der Waals surface area (Å²) in [5.41, 5.74) is 4.44. The number of H-pyrrole nitrogens is 1. The van der Waals surface area contributed by atoms with E-state index in [0.29, 0.717) is 5.58 Å². The van der Waals surface area contributed by atoms with Crippen molar-refractivity contribution < 1.29 is 4.52 Å². The fourth-order valence-electron chi connectivity index (χ4n) is 2.15. The largest absolute Gasteiger partial charge is 0.356 e. The van der Waals surface area contributed by atoms with Crippen molar-refractivity contribution in [2.45, 2.75) is 0 Å². The number of aromatic amines is 1. The lowest BCUT2D eigenvalue weighted by Crippen LogP contribution is -1.81. The molecule has 0 unspecified atom stereocenters. The minimum atomic E-state index is 0.716. The molecule has 0 aliphatic carbocycles. The van der Waals surface area contributed by atoms with Gasteiger partial charge in [0.2, 0.25) is 0 Å². The Balaban J connectivity index is 2.13. The first-order valence-corrected chi connectivity index (χ1v) is 5.50. The number of aromatic nitrogens is 4. The molecule has 5 nitrogen and oxygen atoms in total. The Kier molecular flexibility index (Phi) is 1.77. The van der Waals surface area contributed by atoms with E-state index < -0.39 is 0 Å². The molecule has 2 heterocycles. The number of fused-ring (bicyclic) bond motifs is 2. The maximum atomic E-state index is 5.12. The zero-order chi connectivity index (χ0) is 11.9. The highest BCUT2D eigenvalue weighted by atomic mass is 16.5. The lowest BCUT2D eigenvalue weighted by molar-refractivity contribution is 0.454. The molecule has 0 bridgehead atoms. The normalized spacial score (nSPS) is 11.3. The van der Waals surface area contributed by atoms with Crippen LogP contribution in [-0.4, -0.2) is 20.6 Å². The average molecular weight is 235 g/mol. The molecular weight excluding hydrogens is 228 g/mol. The van der Waals surface area contributed by atoms with E-state index in [1.165, 1.54) is 0 Å². The third-order valence-corrected chi connectivity index (χ3v) is 2.97. The van der Waals surface area contributed by atoms with Crippen molar-refractivity contribution >= 4 is 22.0 Å². The summed E-state index contributed by atoms with van der Waals surface area (Å²) in [4.78, 5) is 0. The van der Waals surface area contributed by atoms with Gasteiger partial charge in [0.25, 0.3) is 0 Å². The minimum Gasteiger partial charge on any atom is -0.356 e. The van der Waals surface area contributed by atoms with Gasteiger partial charge in [-0.2, -0.15) is 0 Å². The van der Waals surface area contributed by atoms with Crippen molar-refractivity contribution in [1.29, 1.82) is 0 Å². The van der Waals surface area contributed by atoms with Crippen molar-refractivity contribution in [1.82, 2.24) is 20.6 Å². The Morgan fingerprint density at radius 2 is 1.94 bits per heavy atom. The number of nitrogens with zero attached hydrogens (tertiary/aromatic N) is 3. The highest BCUT2D eigenvalue weighted by Crippen LogP contribution is 2.31. The standard InChI is InChI=1S/C13H7N4O/c1-4-9(13-11(5-1)15-17-16-13)8-3-2-6-12-10(8)7-14-18-12/h1-6H,(H,15,16,17). The molecule has 0 amide bonds. The van der Waals surface area contributed by atoms with E-state index in [2.05, 4.69) is 26.8 Å². The molecule has 18 heavy (non-hydrogen) atoms. The maximum Gasteiger partial charge on any atom is 0.168 e. The molecule has 0 fully saturated rings. The SMILES string of the molecule is [c]1noc2cccc(-c3cccc4[nH]nnc34)c12. The second kappa shape index (κ2) is 3.40. The summed E-state index contributed by atoms with van der Waals surface area (Å²) in [6, 6.07) is 11.7. The Labute approximate surface area is 101 Å². The third-order valence-electron chi connectivity index (χ3n) is 2.97. The molecule has 1 N–H and O–H groups in total. The minimum absolute atomic E-state index is 0.716.